The number of aromatic nitrogens is 2. The van der Waals surface area contributed by atoms with E-state index in [1.807, 2.05) is 0 Å². The second kappa shape index (κ2) is 17.1. The van der Waals surface area contributed by atoms with Gasteiger partial charge in [-0.2, -0.15) is 0 Å². The summed E-state index contributed by atoms with van der Waals surface area (Å²) < 4.78 is 7.36. The first-order valence-corrected chi connectivity index (χ1v) is 16.4. The molecule has 32 heavy (non-hydrogen) atoms. The highest BCUT2D eigenvalue weighted by Gasteiger charge is 2.13. The lowest BCUT2D eigenvalue weighted by molar-refractivity contribution is -0.107. The maximum atomic E-state index is 12.8. The maximum absolute atomic E-state index is 12.8. The highest BCUT2D eigenvalue weighted by Crippen LogP contribution is 2.11. The number of hydrogen-bond donors (Lipinski definition) is 1. The Kier molecular flexibility index (Phi) is 15.2. The lowest BCUT2D eigenvalue weighted by atomic mass is 10.1. The van der Waals surface area contributed by atoms with Crippen LogP contribution in [0.2, 0.25) is 25.7 Å². The fourth-order valence-electron chi connectivity index (χ4n) is 3.49. The summed E-state index contributed by atoms with van der Waals surface area (Å²) in [6, 6.07) is 1.06. The molecule has 184 valence electrons. The number of nitrogens with one attached hydrogen (secondary N) is 1. The van der Waals surface area contributed by atoms with Crippen molar-refractivity contribution >= 4 is 20.2 Å². The van der Waals surface area contributed by atoms with Crippen molar-refractivity contribution in [1.82, 2.24) is 9.55 Å². The van der Waals surface area contributed by atoms with Gasteiger partial charge >= 0.3 is 0 Å². The van der Waals surface area contributed by atoms with E-state index in [-0.39, 0.29) is 12.3 Å². The molecule has 1 aromatic rings. The summed E-state index contributed by atoms with van der Waals surface area (Å²) in [4.78, 5) is 28.0. The Hall–Kier alpha value is -1.47. The molecule has 0 saturated carbocycles. The van der Waals surface area contributed by atoms with E-state index >= 15 is 0 Å². The van der Waals surface area contributed by atoms with Crippen LogP contribution < -0.4 is 10.9 Å². The van der Waals surface area contributed by atoms with E-state index in [0.29, 0.717) is 25.3 Å². The summed E-state index contributed by atoms with van der Waals surface area (Å²) in [6.07, 6.45) is 16.4. The topological polar surface area (TPSA) is 73.2 Å². The molecule has 0 amide bonds. The molecule has 0 radical (unpaired) electrons. The minimum Gasteiger partial charge on any atom is -0.365 e. The quantitative estimate of drug-likeness (QED) is 0.145. The summed E-state index contributed by atoms with van der Waals surface area (Å²) >= 11 is 0. The van der Waals surface area contributed by atoms with Gasteiger partial charge in [0.05, 0.1) is 5.69 Å². The molecule has 0 unspecified atom stereocenters. The molecule has 0 atom stereocenters. The minimum atomic E-state index is -1.17. The zero-order valence-electron chi connectivity index (χ0n) is 21.1. The number of rotatable bonds is 20. The second-order valence-corrected chi connectivity index (χ2v) is 15.6. The van der Waals surface area contributed by atoms with Crippen LogP contribution in [0.5, 0.6) is 0 Å². The first kappa shape index (κ1) is 28.6. The van der Waals surface area contributed by atoms with Crippen LogP contribution >= 0.6 is 0 Å². The molecule has 0 aliphatic heterocycles. The molecule has 6 nitrogen and oxygen atoms in total. The molecule has 1 heterocycles. The Balaban J connectivity index is 2.45. The van der Waals surface area contributed by atoms with Gasteiger partial charge in [0.2, 0.25) is 0 Å². The van der Waals surface area contributed by atoms with Crippen molar-refractivity contribution in [2.24, 2.45) is 0 Å². The van der Waals surface area contributed by atoms with Gasteiger partial charge in [0.15, 0.2) is 5.82 Å². The highest BCUT2D eigenvalue weighted by atomic mass is 28.3. The van der Waals surface area contributed by atoms with Crippen molar-refractivity contribution in [2.45, 2.75) is 116 Å². The largest absolute Gasteiger partial charge is 0.365 e. The van der Waals surface area contributed by atoms with E-state index < -0.39 is 8.07 Å². The number of aryl methyl sites for hydroxylation is 1. The molecule has 7 heteroatoms. The number of unbranched alkanes of at least 4 members (excludes halogenated alkanes) is 9. The number of aldehydes is 1. The zero-order chi connectivity index (χ0) is 23.7. The fraction of sp³-hybridized carbons (Fsp3) is 0.800. The van der Waals surface area contributed by atoms with Crippen LogP contribution in [-0.2, 0) is 22.7 Å². The third kappa shape index (κ3) is 13.8. The average Bonchev–Trinajstić information content (AvgIpc) is 2.75. The SMILES string of the molecule is CCCCCCCCCCCCNc1nc(CCC=O)cn(COCC[Si](C)(C)C)c1=O. The molecule has 0 aromatic carbocycles. The Morgan fingerprint density at radius 2 is 1.66 bits per heavy atom. The Bertz CT molecular complexity index is 686. The van der Waals surface area contributed by atoms with Gasteiger partial charge < -0.3 is 14.8 Å². The molecule has 0 aliphatic carbocycles. The summed E-state index contributed by atoms with van der Waals surface area (Å²) in [7, 11) is -1.17. The van der Waals surface area contributed by atoms with E-state index in [1.165, 1.54) is 57.8 Å². The van der Waals surface area contributed by atoms with Crippen LogP contribution in [-0.4, -0.2) is 37.1 Å². The van der Waals surface area contributed by atoms with Crippen LogP contribution in [0.1, 0.15) is 83.2 Å². The number of anilines is 1. The van der Waals surface area contributed by atoms with Gasteiger partial charge in [-0.05, 0) is 18.9 Å². The smallest absolute Gasteiger partial charge is 0.295 e. The van der Waals surface area contributed by atoms with E-state index in [2.05, 4.69) is 36.9 Å². The molecule has 1 N–H and O–H groups in total. The van der Waals surface area contributed by atoms with Gasteiger partial charge in [-0.3, -0.25) is 9.36 Å². The molecule has 0 bridgehead atoms. The molecule has 0 fully saturated rings. The van der Waals surface area contributed by atoms with E-state index in [9.17, 15) is 9.59 Å². The maximum Gasteiger partial charge on any atom is 0.295 e. The number of carbonyl (C=O) groups is 1. The molecule has 0 saturated heterocycles. The average molecular weight is 466 g/mol. The number of hydrogen-bond acceptors (Lipinski definition) is 5. The zero-order valence-corrected chi connectivity index (χ0v) is 22.1. The molecular weight excluding hydrogens is 418 g/mol. The van der Waals surface area contributed by atoms with Gasteiger partial charge in [0, 0.05) is 33.8 Å². The van der Waals surface area contributed by atoms with Crippen molar-refractivity contribution in [3.05, 3.63) is 22.2 Å². The van der Waals surface area contributed by atoms with Crippen LogP contribution in [0.3, 0.4) is 0 Å². The standard InChI is InChI=1S/C25H47N3O3Si/c1-5-6-7-8-9-10-11-12-13-14-17-26-24-25(30)28(21-23(27-24)16-15-18-29)22-31-19-20-32(2,3)4/h18,21H,5-17,19-20,22H2,1-4H3,(H,26,27). The van der Waals surface area contributed by atoms with Gasteiger partial charge in [-0.1, -0.05) is 84.4 Å². The van der Waals surface area contributed by atoms with E-state index in [4.69, 9.17) is 4.74 Å². The van der Waals surface area contributed by atoms with E-state index in [0.717, 1.165) is 31.0 Å². The number of carbonyl (C=O) groups excluding carboxylic acids is 1. The van der Waals surface area contributed by atoms with Crippen molar-refractivity contribution < 1.29 is 9.53 Å². The Morgan fingerprint density at radius 3 is 2.25 bits per heavy atom. The third-order valence-electron chi connectivity index (χ3n) is 5.59. The third-order valence-corrected chi connectivity index (χ3v) is 7.30. The van der Waals surface area contributed by atoms with Gasteiger partial charge in [0.25, 0.3) is 5.56 Å². The predicted octanol–water partition coefficient (Wildman–Crippen LogP) is 6.02. The monoisotopic (exact) mass is 465 g/mol. The highest BCUT2D eigenvalue weighted by molar-refractivity contribution is 6.76. The molecule has 0 spiro atoms. The van der Waals surface area contributed by atoms with Gasteiger partial charge in [0.1, 0.15) is 13.0 Å². The van der Waals surface area contributed by atoms with Crippen LogP contribution in [0.4, 0.5) is 5.82 Å². The van der Waals surface area contributed by atoms with Crippen molar-refractivity contribution in [3.8, 4) is 0 Å². The summed E-state index contributed by atoms with van der Waals surface area (Å²) in [5.41, 5.74) is 0.594. The molecule has 1 aromatic heterocycles. The van der Waals surface area contributed by atoms with Crippen molar-refractivity contribution in [3.63, 3.8) is 0 Å². The number of nitrogens with zero attached hydrogens (tertiary/aromatic N) is 2. The van der Waals surface area contributed by atoms with Crippen LogP contribution in [0.15, 0.2) is 11.0 Å². The fourth-order valence-corrected chi connectivity index (χ4v) is 4.25. The first-order valence-electron chi connectivity index (χ1n) is 12.7. The second-order valence-electron chi connectivity index (χ2n) is 10.0. The molecular formula is C25H47N3O3Si. The van der Waals surface area contributed by atoms with Gasteiger partial charge in [-0.15, -0.1) is 0 Å². The lowest BCUT2D eigenvalue weighted by Gasteiger charge is -2.16. The van der Waals surface area contributed by atoms with Crippen LogP contribution in [0.25, 0.3) is 0 Å². The van der Waals surface area contributed by atoms with Crippen molar-refractivity contribution in [1.29, 1.82) is 0 Å². The summed E-state index contributed by atoms with van der Waals surface area (Å²) in [5, 5.41) is 3.23. The summed E-state index contributed by atoms with van der Waals surface area (Å²) in [5.74, 6) is 0.373. The van der Waals surface area contributed by atoms with Gasteiger partial charge in [-0.25, -0.2) is 4.98 Å². The Morgan fingerprint density at radius 1 is 1.03 bits per heavy atom. The summed E-state index contributed by atoms with van der Waals surface area (Å²) in [6.45, 7) is 10.8. The predicted molar refractivity (Wildman–Crippen MR) is 137 cm³/mol. The van der Waals surface area contributed by atoms with Crippen LogP contribution in [0, 0.1) is 0 Å². The molecule has 1 rings (SSSR count). The lowest BCUT2D eigenvalue weighted by Crippen LogP contribution is -2.28. The minimum absolute atomic E-state index is 0.153. The first-order chi connectivity index (χ1) is 15.4. The van der Waals surface area contributed by atoms with E-state index in [1.54, 1.807) is 10.8 Å². The normalized spacial score (nSPS) is 11.6. The number of ether oxygens (including phenoxy) is 1. The van der Waals surface area contributed by atoms with Crippen molar-refractivity contribution in [2.75, 3.05) is 18.5 Å². The molecule has 0 aliphatic rings. The Labute approximate surface area is 196 Å².